The molecule has 0 aliphatic carbocycles. The van der Waals surface area contributed by atoms with Crippen LogP contribution in [0.1, 0.15) is 110 Å². The second-order valence-corrected chi connectivity index (χ2v) is 13.2. The van der Waals surface area contributed by atoms with Crippen molar-refractivity contribution in [1.29, 1.82) is 0 Å². The lowest BCUT2D eigenvalue weighted by molar-refractivity contribution is -0.457. The normalized spacial score (nSPS) is 14.2. The van der Waals surface area contributed by atoms with E-state index < -0.39 is 47.7 Å². The Morgan fingerprint density at radius 2 is 1.59 bits per heavy atom. The van der Waals surface area contributed by atoms with Crippen molar-refractivity contribution >= 4 is 29.5 Å². The first kappa shape index (κ1) is 44.8. The number of nitrogens with two attached hydrogens (primary N) is 2. The molecule has 0 fully saturated rings. The Kier molecular flexibility index (Phi) is 21.8. The van der Waals surface area contributed by atoms with Crippen molar-refractivity contribution in [1.82, 2.24) is 5.32 Å². The zero-order valence-corrected chi connectivity index (χ0v) is 30.6. The van der Waals surface area contributed by atoms with Crippen LogP contribution in [-0.4, -0.2) is 80.9 Å². The Bertz CT molecular complexity index is 1320. The number of carbonyl (C=O) groups is 4. The van der Waals surface area contributed by atoms with Gasteiger partial charge in [0.25, 0.3) is 5.91 Å². The van der Waals surface area contributed by atoms with E-state index in [4.69, 9.17) is 16.2 Å². The van der Waals surface area contributed by atoms with Crippen molar-refractivity contribution in [3.8, 4) is 5.75 Å². The molecule has 0 aromatic heterocycles. The maximum absolute atomic E-state index is 13.5. The van der Waals surface area contributed by atoms with E-state index in [1.54, 1.807) is 30.3 Å². The molecule has 3 atom stereocenters. The van der Waals surface area contributed by atoms with Gasteiger partial charge in [-0.2, -0.15) is 0 Å². The van der Waals surface area contributed by atoms with Gasteiger partial charge in [0.15, 0.2) is 17.9 Å². The van der Waals surface area contributed by atoms with Gasteiger partial charge in [-0.25, -0.2) is 9.53 Å². The number of aliphatic carboxylic acids is 2. The molecule has 0 heterocycles. The number of hydrogen-bond donors (Lipinski definition) is 6. The molecule has 0 saturated heterocycles. The van der Waals surface area contributed by atoms with Crippen molar-refractivity contribution in [2.75, 3.05) is 19.7 Å². The van der Waals surface area contributed by atoms with Crippen LogP contribution in [0.15, 0.2) is 48.1 Å². The molecule has 51 heavy (non-hydrogen) atoms. The zero-order valence-electron chi connectivity index (χ0n) is 30.6. The van der Waals surface area contributed by atoms with E-state index in [0.717, 1.165) is 67.4 Å². The Labute approximate surface area is 302 Å². The van der Waals surface area contributed by atoms with Gasteiger partial charge in [0.05, 0.1) is 18.9 Å². The maximum atomic E-state index is 13.5. The molecule has 286 valence electrons. The molecule has 1 aromatic carbocycles. The molecule has 2 amide bonds. The molecule has 0 aliphatic rings. The van der Waals surface area contributed by atoms with Crippen molar-refractivity contribution in [3.63, 3.8) is 0 Å². The van der Waals surface area contributed by atoms with E-state index in [1.807, 2.05) is 19.9 Å². The van der Waals surface area contributed by atoms with Crippen molar-refractivity contribution in [3.05, 3.63) is 58.8 Å². The SMILES string of the molecule is CCCCCCC/C(CCCCCC/C=C/[C@H](C(=O)N[C@@H](Cc1ccc(OCC=C(C)C)cc1)C(=O)O)[C@@](O)(CC(=O)O)C(N)=O)=[N+](/[O-])CCN. The van der Waals surface area contributed by atoms with E-state index in [1.165, 1.54) is 12.5 Å². The van der Waals surface area contributed by atoms with E-state index >= 15 is 0 Å². The summed E-state index contributed by atoms with van der Waals surface area (Å²) in [4.78, 5) is 49.5. The maximum Gasteiger partial charge on any atom is 0.326 e. The lowest BCUT2D eigenvalue weighted by Crippen LogP contribution is -2.57. The molecular formula is C38H60N4O9. The fourth-order valence-electron chi connectivity index (χ4n) is 5.53. The summed E-state index contributed by atoms with van der Waals surface area (Å²) >= 11 is 0. The van der Waals surface area contributed by atoms with Gasteiger partial charge in [0, 0.05) is 19.3 Å². The number of nitrogens with one attached hydrogen (secondary N) is 1. The number of hydroxylamine groups is 1. The molecular weight excluding hydrogens is 656 g/mol. The summed E-state index contributed by atoms with van der Waals surface area (Å²) in [5.74, 6) is -6.60. The highest BCUT2D eigenvalue weighted by Gasteiger charge is 2.47. The summed E-state index contributed by atoms with van der Waals surface area (Å²) in [5, 5.41) is 45.2. The third-order valence-electron chi connectivity index (χ3n) is 8.53. The summed E-state index contributed by atoms with van der Waals surface area (Å²) in [7, 11) is 0. The number of unbranched alkanes of at least 4 members (excludes halogenated alkanes) is 8. The quantitative estimate of drug-likeness (QED) is 0.0176. The Morgan fingerprint density at radius 1 is 0.980 bits per heavy atom. The van der Waals surface area contributed by atoms with Gasteiger partial charge in [-0.05, 0) is 63.3 Å². The van der Waals surface area contributed by atoms with Gasteiger partial charge in [-0.15, -0.1) is 0 Å². The minimum atomic E-state index is -2.81. The summed E-state index contributed by atoms with van der Waals surface area (Å²) in [6.07, 6.45) is 14.0. The van der Waals surface area contributed by atoms with Crippen LogP contribution in [0.25, 0.3) is 0 Å². The van der Waals surface area contributed by atoms with E-state index in [9.17, 15) is 39.7 Å². The van der Waals surface area contributed by atoms with Crippen LogP contribution >= 0.6 is 0 Å². The molecule has 0 unspecified atom stereocenters. The second kappa shape index (κ2) is 24.8. The number of primary amides is 1. The molecule has 13 heteroatoms. The van der Waals surface area contributed by atoms with Crippen LogP contribution in [0.5, 0.6) is 5.75 Å². The largest absolute Gasteiger partial charge is 0.624 e. The number of rotatable bonds is 28. The first-order valence-electron chi connectivity index (χ1n) is 18.0. The van der Waals surface area contributed by atoms with Crippen LogP contribution in [0.3, 0.4) is 0 Å². The first-order chi connectivity index (χ1) is 24.2. The Hall–Kier alpha value is -4.23. The minimum Gasteiger partial charge on any atom is -0.624 e. The molecule has 0 spiro atoms. The average Bonchev–Trinajstić information content (AvgIpc) is 3.06. The third kappa shape index (κ3) is 18.0. The van der Waals surface area contributed by atoms with Gasteiger partial charge in [0.1, 0.15) is 18.4 Å². The molecule has 1 rings (SSSR count). The Balaban J connectivity index is 2.92. The number of nitrogens with zero attached hydrogens (tertiary/aromatic N) is 1. The van der Waals surface area contributed by atoms with Crippen LogP contribution in [0, 0.1) is 11.1 Å². The molecule has 0 saturated carbocycles. The van der Waals surface area contributed by atoms with Gasteiger partial charge >= 0.3 is 11.9 Å². The predicted molar refractivity (Wildman–Crippen MR) is 197 cm³/mol. The molecule has 13 nitrogen and oxygen atoms in total. The van der Waals surface area contributed by atoms with E-state index in [-0.39, 0.29) is 13.0 Å². The summed E-state index contributed by atoms with van der Waals surface area (Å²) in [6.45, 7) is 7.00. The molecule has 0 radical (unpaired) electrons. The van der Waals surface area contributed by atoms with Gasteiger partial charge in [0.2, 0.25) is 5.91 Å². The third-order valence-corrected chi connectivity index (χ3v) is 8.53. The highest BCUT2D eigenvalue weighted by molar-refractivity contribution is 5.96. The molecule has 1 aromatic rings. The topological polar surface area (TPSA) is 228 Å². The summed E-state index contributed by atoms with van der Waals surface area (Å²) in [5.41, 5.74) is 10.7. The van der Waals surface area contributed by atoms with Crippen LogP contribution in [-0.2, 0) is 25.6 Å². The number of ether oxygens (including phenoxy) is 1. The number of carbonyl (C=O) groups excluding carboxylic acids is 2. The van der Waals surface area contributed by atoms with Crippen LogP contribution < -0.4 is 21.5 Å². The standard InChI is InChI=1S/C38H60N4O9/c1-4-5-6-9-12-15-30(42(50)24-23-39)16-13-10-7-8-11-14-17-32(38(49,37(40)48)27-34(43)44)35(45)41-33(36(46)47)26-29-18-20-31(21-19-29)51-25-22-28(2)3/h14,17-22,32-33,49H,4-13,15-16,23-27,39H2,1-3H3,(H2,40,48)(H,41,45)(H,43,44)(H,46,47)/b17-14+,42-30-/t32-,33+,38+/m1/s1. The van der Waals surface area contributed by atoms with Gasteiger partial charge in [-0.3, -0.25) is 14.4 Å². The number of allylic oxidation sites excluding steroid dienone is 2. The smallest absolute Gasteiger partial charge is 0.326 e. The fraction of sp³-hybridized carbons (Fsp3) is 0.605. The highest BCUT2D eigenvalue weighted by atomic mass is 16.5. The molecule has 0 aliphatic heterocycles. The molecule has 0 bridgehead atoms. The van der Waals surface area contributed by atoms with E-state index in [0.29, 0.717) is 43.7 Å². The lowest BCUT2D eigenvalue weighted by Gasteiger charge is -2.30. The number of carboxylic acid groups (broad SMARTS) is 2. The van der Waals surface area contributed by atoms with Gasteiger partial charge < -0.3 is 42.0 Å². The van der Waals surface area contributed by atoms with E-state index in [2.05, 4.69) is 12.2 Å². The fourth-order valence-corrected chi connectivity index (χ4v) is 5.53. The molecule has 8 N–H and O–H groups in total. The number of carboxylic acids is 2. The highest BCUT2D eigenvalue weighted by Crippen LogP contribution is 2.25. The second-order valence-electron chi connectivity index (χ2n) is 13.2. The van der Waals surface area contributed by atoms with Crippen molar-refractivity contribution in [2.45, 2.75) is 122 Å². The number of hydrogen-bond acceptors (Lipinski definition) is 8. The Morgan fingerprint density at radius 3 is 2.12 bits per heavy atom. The number of aliphatic hydroxyl groups is 1. The lowest BCUT2D eigenvalue weighted by atomic mass is 9.82. The average molecular weight is 717 g/mol. The minimum absolute atomic E-state index is 0.131. The first-order valence-corrected chi connectivity index (χ1v) is 18.0. The summed E-state index contributed by atoms with van der Waals surface area (Å²) in [6, 6.07) is 5.21. The predicted octanol–water partition coefficient (Wildman–Crippen LogP) is 4.62. The summed E-state index contributed by atoms with van der Waals surface area (Å²) < 4.78 is 6.65. The monoisotopic (exact) mass is 716 g/mol. The van der Waals surface area contributed by atoms with Crippen molar-refractivity contribution in [2.24, 2.45) is 17.4 Å². The number of amides is 2. The van der Waals surface area contributed by atoms with Gasteiger partial charge in [-0.1, -0.05) is 75.3 Å². The zero-order chi connectivity index (χ0) is 38.2. The van der Waals surface area contributed by atoms with Crippen LogP contribution in [0.4, 0.5) is 0 Å². The van der Waals surface area contributed by atoms with Crippen LogP contribution in [0.2, 0.25) is 0 Å². The number of benzene rings is 1. The van der Waals surface area contributed by atoms with Crippen molar-refractivity contribution < 1.29 is 44.0 Å².